The molecule has 6 N–H and O–H groups in total. The lowest BCUT2D eigenvalue weighted by atomic mass is 9.87. The van der Waals surface area contributed by atoms with Crippen molar-refractivity contribution in [3.8, 4) is 0 Å². The molecule has 0 saturated heterocycles. The van der Waals surface area contributed by atoms with E-state index < -0.39 is 35.7 Å². The number of nitrogens with two attached hydrogens (primary N) is 2. The standard InChI is InChI=1S/C18H21N5O6S2/c19-16-21-17(20)23(18(22-16)6-2-1-3-7-18)12-5-4-11-8-13(30(24,25)26)10-15(14(11)9-12)31(27,28)29/h4-5,8-10H,1-3,6-7H2,(H,24,25,26)(H,27,28,29)(H4,19,20,21,22). The van der Waals surface area contributed by atoms with Crippen molar-refractivity contribution in [1.82, 2.24) is 0 Å². The van der Waals surface area contributed by atoms with E-state index in [2.05, 4.69) is 9.98 Å². The molecule has 1 aliphatic carbocycles. The molecule has 1 spiro atoms. The summed E-state index contributed by atoms with van der Waals surface area (Å²) in [5.74, 6) is 0.157. The Labute approximate surface area is 179 Å². The molecule has 0 atom stereocenters. The highest BCUT2D eigenvalue weighted by Crippen LogP contribution is 2.41. The van der Waals surface area contributed by atoms with Gasteiger partial charge in [0, 0.05) is 11.1 Å². The quantitative estimate of drug-likeness (QED) is 0.484. The second-order valence-corrected chi connectivity index (χ2v) is 10.4. The Morgan fingerprint density at radius 1 is 0.935 bits per heavy atom. The minimum atomic E-state index is -4.82. The average molecular weight is 468 g/mol. The summed E-state index contributed by atoms with van der Waals surface area (Å²) in [7, 11) is -9.52. The third-order valence-electron chi connectivity index (χ3n) is 5.56. The highest BCUT2D eigenvalue weighted by atomic mass is 32.2. The van der Waals surface area contributed by atoms with Gasteiger partial charge in [0.25, 0.3) is 20.2 Å². The van der Waals surface area contributed by atoms with E-state index in [0.29, 0.717) is 24.6 Å². The van der Waals surface area contributed by atoms with E-state index in [4.69, 9.17) is 11.5 Å². The van der Waals surface area contributed by atoms with Crippen LogP contribution in [0.25, 0.3) is 10.8 Å². The SMILES string of the molecule is NC1=NC2(CCCCC2)N(c2ccc3cc(S(=O)(=O)O)cc(S(=O)(=O)O)c3c2)C(N)=N1. The Hall–Kier alpha value is -2.74. The molecule has 0 amide bonds. The first-order valence-electron chi connectivity index (χ1n) is 9.43. The number of guanidine groups is 2. The molecule has 1 fully saturated rings. The van der Waals surface area contributed by atoms with E-state index in [1.807, 2.05) is 0 Å². The second kappa shape index (κ2) is 7.15. The molecular formula is C18H21N5O6S2. The summed E-state index contributed by atoms with van der Waals surface area (Å²) in [5.41, 5.74) is 11.7. The van der Waals surface area contributed by atoms with Crippen molar-refractivity contribution in [2.75, 3.05) is 4.90 Å². The summed E-state index contributed by atoms with van der Waals surface area (Å²) in [6.45, 7) is 0. The lowest BCUT2D eigenvalue weighted by molar-refractivity contribution is 0.305. The van der Waals surface area contributed by atoms with E-state index >= 15 is 0 Å². The number of rotatable bonds is 3. The maximum atomic E-state index is 12.0. The van der Waals surface area contributed by atoms with Gasteiger partial charge in [0.1, 0.15) is 10.6 Å². The molecule has 166 valence electrons. The van der Waals surface area contributed by atoms with Crippen molar-refractivity contribution in [3.05, 3.63) is 30.3 Å². The van der Waals surface area contributed by atoms with Crippen LogP contribution in [0, 0.1) is 0 Å². The van der Waals surface area contributed by atoms with Crippen molar-refractivity contribution in [2.45, 2.75) is 47.6 Å². The lowest BCUT2D eigenvalue weighted by Gasteiger charge is -2.45. The Kier molecular flexibility index (Phi) is 4.96. The monoisotopic (exact) mass is 467 g/mol. The van der Waals surface area contributed by atoms with Gasteiger partial charge in [0.2, 0.25) is 11.9 Å². The van der Waals surface area contributed by atoms with Crippen molar-refractivity contribution in [1.29, 1.82) is 0 Å². The molecule has 2 aromatic rings. The highest BCUT2D eigenvalue weighted by molar-refractivity contribution is 7.86. The molecule has 0 radical (unpaired) electrons. The number of anilines is 1. The Morgan fingerprint density at radius 2 is 1.61 bits per heavy atom. The van der Waals surface area contributed by atoms with Crippen molar-refractivity contribution >= 4 is 48.6 Å². The topological polar surface area (TPSA) is 189 Å². The first-order chi connectivity index (χ1) is 14.4. The molecule has 11 nitrogen and oxygen atoms in total. The fourth-order valence-electron chi connectivity index (χ4n) is 4.28. The molecule has 0 aromatic heterocycles. The lowest BCUT2D eigenvalue weighted by Crippen LogP contribution is -2.58. The summed E-state index contributed by atoms with van der Waals surface area (Å²) >= 11 is 0. The molecule has 0 bridgehead atoms. The predicted molar refractivity (Wildman–Crippen MR) is 115 cm³/mol. The fourth-order valence-corrected chi connectivity index (χ4v) is 5.63. The molecule has 13 heteroatoms. The van der Waals surface area contributed by atoms with E-state index in [1.54, 1.807) is 11.0 Å². The van der Waals surface area contributed by atoms with E-state index in [0.717, 1.165) is 25.3 Å². The fraction of sp³-hybridized carbons (Fsp3) is 0.333. The van der Waals surface area contributed by atoms with Gasteiger partial charge in [-0.1, -0.05) is 12.5 Å². The van der Waals surface area contributed by atoms with Gasteiger partial charge < -0.3 is 11.5 Å². The average Bonchev–Trinajstić information content (AvgIpc) is 2.65. The molecule has 0 unspecified atom stereocenters. The summed E-state index contributed by atoms with van der Waals surface area (Å²) in [6, 6.07) is 6.36. The number of nitrogens with zero attached hydrogens (tertiary/aromatic N) is 3. The van der Waals surface area contributed by atoms with Gasteiger partial charge in [-0.05, 0) is 55.3 Å². The predicted octanol–water partition coefficient (Wildman–Crippen LogP) is 1.44. The number of benzene rings is 2. The number of aliphatic imine (C=N–C) groups is 2. The summed E-state index contributed by atoms with van der Waals surface area (Å²) in [4.78, 5) is 8.98. The van der Waals surface area contributed by atoms with Crippen LogP contribution in [0.2, 0.25) is 0 Å². The molecular weight excluding hydrogens is 446 g/mol. The van der Waals surface area contributed by atoms with E-state index in [9.17, 15) is 25.9 Å². The minimum Gasteiger partial charge on any atom is -0.369 e. The van der Waals surface area contributed by atoms with Crippen LogP contribution in [-0.2, 0) is 20.2 Å². The number of hydrogen-bond donors (Lipinski definition) is 4. The summed E-state index contributed by atoms with van der Waals surface area (Å²) in [5, 5.41) is 0.230. The first-order valence-corrected chi connectivity index (χ1v) is 12.3. The molecule has 1 aliphatic heterocycles. The van der Waals surface area contributed by atoms with Gasteiger partial charge in [0.15, 0.2) is 0 Å². The zero-order valence-corrected chi connectivity index (χ0v) is 17.9. The summed E-state index contributed by atoms with van der Waals surface area (Å²) < 4.78 is 66.2. The maximum absolute atomic E-state index is 12.0. The van der Waals surface area contributed by atoms with Crippen LogP contribution >= 0.6 is 0 Å². The second-order valence-electron chi connectivity index (χ2n) is 7.60. The molecule has 1 heterocycles. The Morgan fingerprint density at radius 3 is 2.23 bits per heavy atom. The van der Waals surface area contributed by atoms with Crippen LogP contribution in [-0.4, -0.2) is 43.5 Å². The van der Waals surface area contributed by atoms with Crippen LogP contribution in [0.15, 0.2) is 50.1 Å². The number of hydrogen-bond acceptors (Lipinski definition) is 9. The van der Waals surface area contributed by atoms with Crippen LogP contribution < -0.4 is 16.4 Å². The number of fused-ring (bicyclic) bond motifs is 1. The van der Waals surface area contributed by atoms with Crippen LogP contribution in [0.5, 0.6) is 0 Å². The van der Waals surface area contributed by atoms with Gasteiger partial charge in [0.05, 0.1) is 4.90 Å². The van der Waals surface area contributed by atoms with Gasteiger partial charge in [-0.15, -0.1) is 0 Å². The zero-order chi connectivity index (χ0) is 22.6. The van der Waals surface area contributed by atoms with E-state index in [-0.39, 0.29) is 22.7 Å². The van der Waals surface area contributed by atoms with Gasteiger partial charge in [-0.2, -0.15) is 21.8 Å². The normalized spacial score (nSPS) is 19.4. The Bertz CT molecular complexity index is 1340. The smallest absolute Gasteiger partial charge is 0.295 e. The van der Waals surface area contributed by atoms with Gasteiger partial charge in [-0.25, -0.2) is 4.99 Å². The molecule has 4 rings (SSSR count). The Balaban J connectivity index is 1.96. The first kappa shape index (κ1) is 21.5. The van der Waals surface area contributed by atoms with E-state index in [1.165, 1.54) is 12.1 Å². The molecule has 1 saturated carbocycles. The maximum Gasteiger partial charge on any atom is 0.295 e. The third kappa shape index (κ3) is 3.84. The third-order valence-corrected chi connectivity index (χ3v) is 7.28. The van der Waals surface area contributed by atoms with Crippen LogP contribution in [0.3, 0.4) is 0 Å². The largest absolute Gasteiger partial charge is 0.369 e. The van der Waals surface area contributed by atoms with Crippen molar-refractivity contribution in [2.24, 2.45) is 21.5 Å². The molecule has 31 heavy (non-hydrogen) atoms. The van der Waals surface area contributed by atoms with Crippen molar-refractivity contribution < 1.29 is 25.9 Å². The molecule has 2 aliphatic rings. The van der Waals surface area contributed by atoms with Gasteiger partial charge in [-0.3, -0.25) is 14.0 Å². The summed E-state index contributed by atoms with van der Waals surface area (Å²) in [6.07, 6.45) is 4.14. The van der Waals surface area contributed by atoms with Gasteiger partial charge >= 0.3 is 0 Å². The van der Waals surface area contributed by atoms with Crippen LogP contribution in [0.4, 0.5) is 5.69 Å². The van der Waals surface area contributed by atoms with Crippen molar-refractivity contribution in [3.63, 3.8) is 0 Å². The van der Waals surface area contributed by atoms with Crippen LogP contribution in [0.1, 0.15) is 32.1 Å². The minimum absolute atomic E-state index is 0.0497. The molecule has 2 aromatic carbocycles. The highest BCUT2D eigenvalue weighted by Gasteiger charge is 2.42. The zero-order valence-electron chi connectivity index (χ0n) is 16.3.